The first-order valence-corrected chi connectivity index (χ1v) is 8.22. The van der Waals surface area contributed by atoms with Crippen LogP contribution in [-0.4, -0.2) is 17.9 Å². The number of rotatable bonds is 5. The predicted molar refractivity (Wildman–Crippen MR) is 97.0 cm³/mol. The zero-order valence-corrected chi connectivity index (χ0v) is 14.9. The average Bonchev–Trinajstić information content (AvgIpc) is 2.55. The normalized spacial score (nSPS) is 11.9. The molecule has 0 aliphatic rings. The van der Waals surface area contributed by atoms with Crippen LogP contribution in [-0.2, 0) is 4.79 Å². The highest BCUT2D eigenvalue weighted by Crippen LogP contribution is 2.17. The largest absolute Gasteiger partial charge is 0.340 e. The molecule has 0 aromatic heterocycles. The van der Waals surface area contributed by atoms with E-state index in [0.717, 1.165) is 11.1 Å². The molecule has 0 heterocycles. The van der Waals surface area contributed by atoms with Crippen LogP contribution in [0.4, 0.5) is 10.1 Å². The molecule has 0 saturated carbocycles. The van der Waals surface area contributed by atoms with Gasteiger partial charge in [-0.1, -0.05) is 37.6 Å². The van der Waals surface area contributed by atoms with E-state index < -0.39 is 11.9 Å². The SMILES string of the molecule is Cc1cccc(C(=O)NC(C(=O)Nc2cc(F)ccc2C)C(C)C)c1. The molecule has 2 aromatic carbocycles. The maximum atomic E-state index is 13.4. The fraction of sp³-hybridized carbons (Fsp3) is 0.300. The lowest BCUT2D eigenvalue weighted by Crippen LogP contribution is -2.47. The van der Waals surface area contributed by atoms with Gasteiger partial charge >= 0.3 is 0 Å². The maximum Gasteiger partial charge on any atom is 0.251 e. The molecule has 2 N–H and O–H groups in total. The van der Waals surface area contributed by atoms with Gasteiger partial charge in [-0.25, -0.2) is 4.39 Å². The number of carbonyl (C=O) groups excluding carboxylic acids is 2. The third-order valence-electron chi connectivity index (χ3n) is 3.97. The van der Waals surface area contributed by atoms with Crippen molar-refractivity contribution in [3.05, 3.63) is 65.0 Å². The van der Waals surface area contributed by atoms with Crippen LogP contribution in [0, 0.1) is 25.6 Å². The monoisotopic (exact) mass is 342 g/mol. The van der Waals surface area contributed by atoms with E-state index in [2.05, 4.69) is 10.6 Å². The molecular weight excluding hydrogens is 319 g/mol. The Morgan fingerprint density at radius 2 is 1.76 bits per heavy atom. The Morgan fingerprint density at radius 3 is 2.40 bits per heavy atom. The smallest absolute Gasteiger partial charge is 0.251 e. The van der Waals surface area contributed by atoms with Gasteiger partial charge in [0.15, 0.2) is 0 Å². The van der Waals surface area contributed by atoms with E-state index in [0.29, 0.717) is 11.3 Å². The number of hydrogen-bond donors (Lipinski definition) is 2. The summed E-state index contributed by atoms with van der Waals surface area (Å²) in [5, 5.41) is 5.48. The molecule has 2 rings (SSSR count). The van der Waals surface area contributed by atoms with Crippen molar-refractivity contribution in [2.24, 2.45) is 5.92 Å². The number of hydrogen-bond acceptors (Lipinski definition) is 2. The summed E-state index contributed by atoms with van der Waals surface area (Å²) in [6, 6.07) is 10.6. The summed E-state index contributed by atoms with van der Waals surface area (Å²) in [6.07, 6.45) is 0. The summed E-state index contributed by atoms with van der Waals surface area (Å²) in [5.74, 6) is -1.23. The van der Waals surface area contributed by atoms with E-state index in [4.69, 9.17) is 0 Å². The van der Waals surface area contributed by atoms with Gasteiger partial charge in [0.25, 0.3) is 5.91 Å². The Balaban J connectivity index is 2.15. The topological polar surface area (TPSA) is 58.2 Å². The highest BCUT2D eigenvalue weighted by Gasteiger charge is 2.25. The summed E-state index contributed by atoms with van der Waals surface area (Å²) >= 11 is 0. The summed E-state index contributed by atoms with van der Waals surface area (Å²) in [7, 11) is 0. The van der Waals surface area contributed by atoms with E-state index in [1.165, 1.54) is 12.1 Å². The third-order valence-corrected chi connectivity index (χ3v) is 3.97. The van der Waals surface area contributed by atoms with Crippen LogP contribution in [0.2, 0.25) is 0 Å². The Bertz CT molecular complexity index is 787. The van der Waals surface area contributed by atoms with Crippen molar-refractivity contribution in [3.63, 3.8) is 0 Å². The van der Waals surface area contributed by atoms with Crippen LogP contribution in [0.1, 0.15) is 35.3 Å². The van der Waals surface area contributed by atoms with Gasteiger partial charge < -0.3 is 10.6 Å². The number of anilines is 1. The second kappa shape index (κ2) is 7.92. The molecule has 2 aromatic rings. The molecule has 5 heteroatoms. The van der Waals surface area contributed by atoms with Gasteiger partial charge in [0, 0.05) is 11.3 Å². The third kappa shape index (κ3) is 4.89. The Hall–Kier alpha value is -2.69. The number of benzene rings is 2. The maximum absolute atomic E-state index is 13.4. The Kier molecular flexibility index (Phi) is 5.91. The van der Waals surface area contributed by atoms with Gasteiger partial charge in [-0.15, -0.1) is 0 Å². The number of amides is 2. The van der Waals surface area contributed by atoms with Crippen molar-refractivity contribution in [1.29, 1.82) is 0 Å². The molecule has 0 aliphatic heterocycles. The number of halogens is 1. The van der Waals surface area contributed by atoms with Crippen LogP contribution in [0.25, 0.3) is 0 Å². The van der Waals surface area contributed by atoms with E-state index in [-0.39, 0.29) is 17.7 Å². The molecule has 4 nitrogen and oxygen atoms in total. The minimum absolute atomic E-state index is 0.123. The van der Waals surface area contributed by atoms with Crippen LogP contribution in [0.15, 0.2) is 42.5 Å². The zero-order chi connectivity index (χ0) is 18.6. The molecule has 0 aliphatic carbocycles. The summed E-state index contributed by atoms with van der Waals surface area (Å²) in [4.78, 5) is 25.0. The molecular formula is C20H23FN2O2. The molecule has 1 unspecified atom stereocenters. The first-order valence-electron chi connectivity index (χ1n) is 8.22. The molecule has 0 fully saturated rings. The summed E-state index contributed by atoms with van der Waals surface area (Å²) < 4.78 is 13.4. The number of nitrogens with one attached hydrogen (secondary N) is 2. The van der Waals surface area contributed by atoms with E-state index in [1.807, 2.05) is 26.8 Å². The van der Waals surface area contributed by atoms with Gasteiger partial charge in [0.1, 0.15) is 11.9 Å². The summed E-state index contributed by atoms with van der Waals surface area (Å²) in [5.41, 5.74) is 2.62. The molecule has 132 valence electrons. The first-order chi connectivity index (χ1) is 11.8. The van der Waals surface area contributed by atoms with Crippen molar-refractivity contribution in [2.75, 3.05) is 5.32 Å². The van der Waals surface area contributed by atoms with Crippen LogP contribution < -0.4 is 10.6 Å². The molecule has 0 spiro atoms. The number of carbonyl (C=O) groups is 2. The molecule has 1 atom stereocenters. The fourth-order valence-corrected chi connectivity index (χ4v) is 2.49. The Morgan fingerprint density at radius 1 is 1.04 bits per heavy atom. The van der Waals surface area contributed by atoms with Crippen molar-refractivity contribution in [1.82, 2.24) is 5.32 Å². The lowest BCUT2D eigenvalue weighted by atomic mass is 10.0. The van der Waals surface area contributed by atoms with Crippen LogP contribution >= 0.6 is 0 Å². The van der Waals surface area contributed by atoms with Crippen molar-refractivity contribution >= 4 is 17.5 Å². The highest BCUT2D eigenvalue weighted by atomic mass is 19.1. The van der Waals surface area contributed by atoms with E-state index in [1.54, 1.807) is 31.2 Å². The predicted octanol–water partition coefficient (Wildman–Crippen LogP) is 3.84. The van der Waals surface area contributed by atoms with Gasteiger partial charge in [0.05, 0.1) is 0 Å². The van der Waals surface area contributed by atoms with Gasteiger partial charge in [-0.3, -0.25) is 9.59 Å². The van der Waals surface area contributed by atoms with E-state index in [9.17, 15) is 14.0 Å². The van der Waals surface area contributed by atoms with Gasteiger partial charge in [0.2, 0.25) is 5.91 Å². The Labute approximate surface area is 147 Å². The number of aryl methyl sites for hydroxylation is 2. The van der Waals surface area contributed by atoms with Crippen molar-refractivity contribution in [2.45, 2.75) is 33.7 Å². The molecule has 0 saturated heterocycles. The molecule has 0 radical (unpaired) electrons. The van der Waals surface area contributed by atoms with Crippen LogP contribution in [0.3, 0.4) is 0 Å². The minimum atomic E-state index is -0.726. The molecule has 0 bridgehead atoms. The molecule has 25 heavy (non-hydrogen) atoms. The van der Waals surface area contributed by atoms with Crippen molar-refractivity contribution < 1.29 is 14.0 Å². The lowest BCUT2D eigenvalue weighted by molar-refractivity contribution is -0.118. The fourth-order valence-electron chi connectivity index (χ4n) is 2.49. The van der Waals surface area contributed by atoms with E-state index >= 15 is 0 Å². The standard InChI is InChI=1S/C20H23FN2O2/c1-12(2)18(23-19(24)15-7-5-6-13(3)10-15)20(25)22-17-11-16(21)9-8-14(17)4/h5-12,18H,1-4H3,(H,22,25)(H,23,24). The molecule has 2 amide bonds. The summed E-state index contributed by atoms with van der Waals surface area (Å²) in [6.45, 7) is 7.37. The first kappa shape index (κ1) is 18.6. The van der Waals surface area contributed by atoms with Crippen LogP contribution in [0.5, 0.6) is 0 Å². The minimum Gasteiger partial charge on any atom is -0.340 e. The highest BCUT2D eigenvalue weighted by molar-refractivity contribution is 6.01. The zero-order valence-electron chi connectivity index (χ0n) is 14.9. The van der Waals surface area contributed by atoms with Gasteiger partial charge in [-0.2, -0.15) is 0 Å². The quantitative estimate of drug-likeness (QED) is 0.867. The lowest BCUT2D eigenvalue weighted by Gasteiger charge is -2.22. The van der Waals surface area contributed by atoms with Gasteiger partial charge in [-0.05, 0) is 49.6 Å². The second-order valence-electron chi connectivity index (χ2n) is 6.51. The van der Waals surface area contributed by atoms with Crippen molar-refractivity contribution in [3.8, 4) is 0 Å². The second-order valence-corrected chi connectivity index (χ2v) is 6.51. The average molecular weight is 342 g/mol.